The predicted octanol–water partition coefficient (Wildman–Crippen LogP) is 3.39. The maximum atomic E-state index is 13.7. The standard InChI is InChI=1S/C28H28FN5O2/c29-23-7-5-21(6-8-23)27(35)32-26(17-22-18-31-25-4-2-1-3-24(22)25)28(36)34-15-13-33(14-16-34)19-20-9-11-30-12-10-20/h1-12,18,26,31H,13-17,19H2,(H,32,35)/t26-/m1/s1. The summed E-state index contributed by atoms with van der Waals surface area (Å²) in [5.74, 6) is -0.925. The zero-order chi connectivity index (χ0) is 24.9. The molecular formula is C28H28FN5O2. The minimum absolute atomic E-state index is 0.112. The highest BCUT2D eigenvalue weighted by Crippen LogP contribution is 2.20. The molecule has 2 aromatic heterocycles. The number of hydrogen-bond acceptors (Lipinski definition) is 4. The lowest BCUT2D eigenvalue weighted by atomic mass is 10.0. The van der Waals surface area contributed by atoms with Gasteiger partial charge in [0.05, 0.1) is 0 Å². The van der Waals surface area contributed by atoms with E-state index in [1.54, 1.807) is 12.4 Å². The number of aromatic amines is 1. The van der Waals surface area contributed by atoms with Gasteiger partial charge in [-0.2, -0.15) is 0 Å². The maximum absolute atomic E-state index is 13.7. The average molecular weight is 486 g/mol. The van der Waals surface area contributed by atoms with Crippen molar-refractivity contribution in [2.24, 2.45) is 0 Å². The molecular weight excluding hydrogens is 457 g/mol. The number of halogens is 1. The van der Waals surface area contributed by atoms with Crippen LogP contribution in [0.1, 0.15) is 21.5 Å². The summed E-state index contributed by atoms with van der Waals surface area (Å²) in [6.45, 7) is 3.48. The summed E-state index contributed by atoms with van der Waals surface area (Å²) in [7, 11) is 0. The van der Waals surface area contributed by atoms with E-state index in [4.69, 9.17) is 0 Å². The maximum Gasteiger partial charge on any atom is 0.251 e. The summed E-state index contributed by atoms with van der Waals surface area (Å²) >= 11 is 0. The molecule has 36 heavy (non-hydrogen) atoms. The first kappa shape index (κ1) is 23.7. The number of rotatable bonds is 7. The number of pyridine rings is 1. The second-order valence-electron chi connectivity index (χ2n) is 9.05. The van der Waals surface area contributed by atoms with Crippen LogP contribution in [-0.4, -0.2) is 63.8 Å². The van der Waals surface area contributed by atoms with Crippen LogP contribution in [0.3, 0.4) is 0 Å². The van der Waals surface area contributed by atoms with Crippen molar-refractivity contribution in [2.75, 3.05) is 26.2 Å². The number of carbonyl (C=O) groups is 2. The van der Waals surface area contributed by atoms with E-state index in [1.165, 1.54) is 29.8 Å². The smallest absolute Gasteiger partial charge is 0.251 e. The quantitative estimate of drug-likeness (QED) is 0.421. The number of carbonyl (C=O) groups excluding carboxylic acids is 2. The molecule has 1 fully saturated rings. The fourth-order valence-electron chi connectivity index (χ4n) is 4.66. The molecule has 1 atom stereocenters. The first-order chi connectivity index (χ1) is 17.6. The first-order valence-electron chi connectivity index (χ1n) is 12.1. The van der Waals surface area contributed by atoms with Gasteiger partial charge in [0.1, 0.15) is 11.9 Å². The minimum atomic E-state index is -0.742. The molecule has 0 saturated carbocycles. The molecule has 0 unspecified atom stereocenters. The molecule has 0 aliphatic carbocycles. The predicted molar refractivity (Wildman–Crippen MR) is 136 cm³/mol. The molecule has 0 bridgehead atoms. The van der Waals surface area contributed by atoms with Gasteiger partial charge in [-0.15, -0.1) is 0 Å². The van der Waals surface area contributed by atoms with Crippen molar-refractivity contribution in [1.82, 2.24) is 25.1 Å². The molecule has 2 aromatic carbocycles. The molecule has 184 valence electrons. The van der Waals surface area contributed by atoms with Crippen LogP contribution < -0.4 is 5.32 Å². The SMILES string of the molecule is O=C(N[C@H](Cc1c[nH]c2ccccc12)C(=O)N1CCN(Cc2ccncc2)CC1)c1ccc(F)cc1. The second-order valence-corrected chi connectivity index (χ2v) is 9.05. The summed E-state index contributed by atoms with van der Waals surface area (Å²) < 4.78 is 13.4. The Morgan fingerprint density at radius 1 is 0.972 bits per heavy atom. The van der Waals surface area contributed by atoms with Crippen molar-refractivity contribution >= 4 is 22.7 Å². The zero-order valence-corrected chi connectivity index (χ0v) is 19.9. The Balaban J connectivity index is 1.30. The highest BCUT2D eigenvalue weighted by atomic mass is 19.1. The monoisotopic (exact) mass is 485 g/mol. The van der Waals surface area contributed by atoms with Gasteiger partial charge >= 0.3 is 0 Å². The Bertz CT molecular complexity index is 1330. The molecule has 1 aliphatic rings. The molecule has 7 nitrogen and oxygen atoms in total. The van der Waals surface area contributed by atoms with E-state index in [2.05, 4.69) is 20.2 Å². The molecule has 4 aromatic rings. The number of fused-ring (bicyclic) bond motifs is 1. The van der Waals surface area contributed by atoms with Gasteiger partial charge in [-0.05, 0) is 53.6 Å². The topological polar surface area (TPSA) is 81.3 Å². The number of amides is 2. The summed E-state index contributed by atoms with van der Waals surface area (Å²) in [5, 5.41) is 3.94. The first-order valence-corrected chi connectivity index (χ1v) is 12.1. The fourth-order valence-corrected chi connectivity index (χ4v) is 4.66. The molecule has 8 heteroatoms. The zero-order valence-electron chi connectivity index (χ0n) is 19.9. The van der Waals surface area contributed by atoms with Crippen molar-refractivity contribution in [1.29, 1.82) is 0 Å². The minimum Gasteiger partial charge on any atom is -0.361 e. The van der Waals surface area contributed by atoms with Crippen LogP contribution in [0.2, 0.25) is 0 Å². The fraction of sp³-hybridized carbons (Fsp3) is 0.250. The Hall–Kier alpha value is -4.04. The van der Waals surface area contributed by atoms with Crippen molar-refractivity contribution in [3.8, 4) is 0 Å². The van der Waals surface area contributed by atoms with Crippen LogP contribution in [0, 0.1) is 5.82 Å². The van der Waals surface area contributed by atoms with Gasteiger partial charge in [0.2, 0.25) is 5.91 Å². The van der Waals surface area contributed by atoms with Crippen LogP contribution in [0.4, 0.5) is 4.39 Å². The van der Waals surface area contributed by atoms with Crippen LogP contribution >= 0.6 is 0 Å². The number of aromatic nitrogens is 2. The number of benzene rings is 2. The summed E-state index contributed by atoms with van der Waals surface area (Å²) in [6.07, 6.45) is 5.82. The number of para-hydroxylation sites is 1. The Kier molecular flexibility index (Phi) is 7.04. The van der Waals surface area contributed by atoms with Crippen LogP contribution in [0.15, 0.2) is 79.3 Å². The lowest BCUT2D eigenvalue weighted by Crippen LogP contribution is -2.55. The van der Waals surface area contributed by atoms with Crippen molar-refractivity contribution in [3.63, 3.8) is 0 Å². The van der Waals surface area contributed by atoms with E-state index in [0.717, 1.165) is 36.1 Å². The number of piperazine rings is 1. The highest BCUT2D eigenvalue weighted by molar-refractivity contribution is 5.98. The van der Waals surface area contributed by atoms with Gasteiger partial charge in [-0.1, -0.05) is 18.2 Å². The van der Waals surface area contributed by atoms with Crippen molar-refractivity contribution in [2.45, 2.75) is 19.0 Å². The lowest BCUT2D eigenvalue weighted by molar-refractivity contribution is -0.135. The van der Waals surface area contributed by atoms with E-state index in [0.29, 0.717) is 25.1 Å². The van der Waals surface area contributed by atoms with Crippen LogP contribution in [0.5, 0.6) is 0 Å². The van der Waals surface area contributed by atoms with Gasteiger partial charge in [-0.3, -0.25) is 19.5 Å². The largest absolute Gasteiger partial charge is 0.361 e. The van der Waals surface area contributed by atoms with Gasteiger partial charge in [0.25, 0.3) is 5.91 Å². The molecule has 1 saturated heterocycles. The molecule has 0 spiro atoms. The van der Waals surface area contributed by atoms with Crippen molar-refractivity contribution in [3.05, 3.63) is 102 Å². The van der Waals surface area contributed by atoms with E-state index in [1.807, 2.05) is 47.5 Å². The van der Waals surface area contributed by atoms with Gasteiger partial charge < -0.3 is 15.2 Å². The Morgan fingerprint density at radius 3 is 2.44 bits per heavy atom. The summed E-state index contributed by atoms with van der Waals surface area (Å²) in [4.78, 5) is 38.1. The van der Waals surface area contributed by atoms with E-state index in [9.17, 15) is 14.0 Å². The third kappa shape index (κ3) is 5.44. The molecule has 1 aliphatic heterocycles. The van der Waals surface area contributed by atoms with Crippen molar-refractivity contribution < 1.29 is 14.0 Å². The molecule has 0 radical (unpaired) electrons. The van der Waals surface area contributed by atoms with Crippen LogP contribution in [0.25, 0.3) is 10.9 Å². The molecule has 2 N–H and O–H groups in total. The Morgan fingerprint density at radius 2 is 1.69 bits per heavy atom. The van der Waals surface area contributed by atoms with E-state index in [-0.39, 0.29) is 5.91 Å². The van der Waals surface area contributed by atoms with Gasteiger partial charge in [0, 0.05) is 74.2 Å². The highest BCUT2D eigenvalue weighted by Gasteiger charge is 2.30. The number of hydrogen-bond donors (Lipinski definition) is 2. The third-order valence-corrected chi connectivity index (χ3v) is 6.65. The molecule has 5 rings (SSSR count). The molecule has 3 heterocycles. The normalized spacial score (nSPS) is 15.1. The number of H-pyrrole nitrogens is 1. The number of nitrogens with one attached hydrogen (secondary N) is 2. The number of nitrogens with zero attached hydrogens (tertiary/aromatic N) is 3. The van der Waals surface area contributed by atoms with E-state index >= 15 is 0 Å². The molecule has 2 amide bonds. The van der Waals surface area contributed by atoms with Gasteiger partial charge in [0.15, 0.2) is 0 Å². The Labute approximate surface area is 208 Å². The average Bonchev–Trinajstić information content (AvgIpc) is 3.32. The van der Waals surface area contributed by atoms with Crippen LogP contribution in [-0.2, 0) is 17.8 Å². The van der Waals surface area contributed by atoms with E-state index < -0.39 is 17.8 Å². The second kappa shape index (κ2) is 10.7. The third-order valence-electron chi connectivity index (χ3n) is 6.65. The van der Waals surface area contributed by atoms with Gasteiger partial charge in [-0.25, -0.2) is 4.39 Å². The lowest BCUT2D eigenvalue weighted by Gasteiger charge is -2.36. The summed E-state index contributed by atoms with van der Waals surface area (Å²) in [6, 6.07) is 16.5. The summed E-state index contributed by atoms with van der Waals surface area (Å²) in [5.41, 5.74) is 3.44.